The van der Waals surface area contributed by atoms with Gasteiger partial charge in [0, 0.05) is 12.1 Å². The zero-order chi connectivity index (χ0) is 20.6. The average molecular weight is 456 g/mol. The number of nitrogens with two attached hydrogens (primary N) is 1. The summed E-state index contributed by atoms with van der Waals surface area (Å²) >= 11 is 2.66. The molecule has 0 spiro atoms. The maximum atomic E-state index is 12.9. The topological polar surface area (TPSA) is 128 Å². The molecule has 1 saturated carbocycles. The lowest BCUT2D eigenvalue weighted by molar-refractivity contribution is -0.130. The van der Waals surface area contributed by atoms with E-state index in [4.69, 9.17) is 5.73 Å². The van der Waals surface area contributed by atoms with Crippen LogP contribution < -0.4 is 5.73 Å². The molecule has 1 saturated heterocycles. The van der Waals surface area contributed by atoms with Crippen molar-refractivity contribution in [2.24, 2.45) is 5.73 Å². The first kappa shape index (κ1) is 20.4. The van der Waals surface area contributed by atoms with E-state index < -0.39 is 15.7 Å². The van der Waals surface area contributed by atoms with Crippen molar-refractivity contribution in [1.29, 1.82) is 0 Å². The molecule has 4 rings (SSSR count). The molecule has 2 N–H and O–H groups in total. The van der Waals surface area contributed by atoms with Crippen molar-refractivity contribution in [3.63, 3.8) is 0 Å². The van der Waals surface area contributed by atoms with Gasteiger partial charge in [-0.1, -0.05) is 17.8 Å². The van der Waals surface area contributed by atoms with Crippen molar-refractivity contribution in [1.82, 2.24) is 19.7 Å². The number of rotatable bonds is 8. The highest BCUT2D eigenvalue weighted by Crippen LogP contribution is 2.34. The number of thioether (sulfide) groups is 1. The summed E-state index contributed by atoms with van der Waals surface area (Å²) in [7, 11) is -3.07. The molecule has 0 aromatic carbocycles. The maximum Gasteiger partial charge on any atom is 0.237 e. The maximum absolute atomic E-state index is 12.9. The van der Waals surface area contributed by atoms with Crippen molar-refractivity contribution in [3.8, 4) is 10.7 Å². The van der Waals surface area contributed by atoms with E-state index in [-0.39, 0.29) is 41.8 Å². The van der Waals surface area contributed by atoms with Gasteiger partial charge in [0.2, 0.25) is 11.8 Å². The van der Waals surface area contributed by atoms with Gasteiger partial charge in [-0.3, -0.25) is 14.2 Å². The zero-order valence-corrected chi connectivity index (χ0v) is 18.0. The van der Waals surface area contributed by atoms with Crippen molar-refractivity contribution < 1.29 is 18.0 Å². The molecule has 0 radical (unpaired) electrons. The number of primary amides is 1. The van der Waals surface area contributed by atoms with Gasteiger partial charge < -0.3 is 10.6 Å². The van der Waals surface area contributed by atoms with E-state index in [2.05, 4.69) is 10.2 Å². The minimum Gasteiger partial charge on any atom is -0.368 e. The van der Waals surface area contributed by atoms with Gasteiger partial charge in [0.05, 0.1) is 22.1 Å². The van der Waals surface area contributed by atoms with Gasteiger partial charge in [-0.2, -0.15) is 0 Å². The second-order valence-electron chi connectivity index (χ2n) is 7.21. The standard InChI is InChI=1S/C17H21N5O4S3/c18-14(23)8-21-16(13-2-1-6-27-13)19-20-17(21)28-9-15(24)22(11-3-4-11)12-5-7-29(25,26)10-12/h1-2,6,11-12H,3-5,7-10H2,(H2,18,23). The third-order valence-electron chi connectivity index (χ3n) is 4.93. The summed E-state index contributed by atoms with van der Waals surface area (Å²) < 4.78 is 25.3. The highest BCUT2D eigenvalue weighted by atomic mass is 32.2. The number of sulfone groups is 1. The van der Waals surface area contributed by atoms with Crippen LogP contribution in [0.5, 0.6) is 0 Å². The summed E-state index contributed by atoms with van der Waals surface area (Å²) in [6.07, 6.45) is 2.32. The van der Waals surface area contributed by atoms with Crippen LogP contribution in [0.3, 0.4) is 0 Å². The number of aromatic nitrogens is 3. The highest BCUT2D eigenvalue weighted by molar-refractivity contribution is 7.99. The summed E-state index contributed by atoms with van der Waals surface area (Å²) in [5.74, 6) is 0.194. The molecule has 0 bridgehead atoms. The molecule has 1 aliphatic heterocycles. The molecule has 29 heavy (non-hydrogen) atoms. The molecule has 2 amide bonds. The van der Waals surface area contributed by atoms with Gasteiger partial charge in [0.25, 0.3) is 0 Å². The van der Waals surface area contributed by atoms with E-state index in [1.807, 2.05) is 17.5 Å². The van der Waals surface area contributed by atoms with Crippen LogP contribution in [0.2, 0.25) is 0 Å². The quantitative estimate of drug-likeness (QED) is 0.582. The number of nitrogens with zero attached hydrogens (tertiary/aromatic N) is 4. The third-order valence-corrected chi connectivity index (χ3v) is 8.49. The minimum atomic E-state index is -3.07. The molecule has 156 valence electrons. The second-order valence-corrected chi connectivity index (χ2v) is 11.3. The lowest BCUT2D eigenvalue weighted by atomic mass is 10.2. The molecule has 3 heterocycles. The van der Waals surface area contributed by atoms with E-state index in [1.165, 1.54) is 23.1 Å². The normalized spacial score (nSPS) is 20.6. The zero-order valence-electron chi connectivity index (χ0n) is 15.6. The Bertz CT molecular complexity index is 1010. The van der Waals surface area contributed by atoms with E-state index in [9.17, 15) is 18.0 Å². The monoisotopic (exact) mass is 455 g/mol. The second kappa shape index (κ2) is 8.07. The summed E-state index contributed by atoms with van der Waals surface area (Å²) in [6, 6.07) is 3.64. The van der Waals surface area contributed by atoms with Crippen LogP contribution in [-0.2, 0) is 26.0 Å². The van der Waals surface area contributed by atoms with Gasteiger partial charge in [0.1, 0.15) is 6.54 Å². The lowest BCUT2D eigenvalue weighted by Gasteiger charge is -2.28. The number of carbonyl (C=O) groups excluding carboxylic acids is 2. The Kier molecular flexibility index (Phi) is 5.67. The van der Waals surface area contributed by atoms with Crippen LogP contribution in [-0.4, -0.2) is 69.2 Å². The first-order valence-electron chi connectivity index (χ1n) is 9.24. The average Bonchev–Trinajstić information content (AvgIpc) is 3.03. The molecule has 2 aliphatic rings. The van der Waals surface area contributed by atoms with Gasteiger partial charge in [-0.05, 0) is 30.7 Å². The Hall–Kier alpha value is -1.92. The molecular weight excluding hydrogens is 434 g/mol. The Labute approximate surface area is 176 Å². The fraction of sp³-hybridized carbons (Fsp3) is 0.529. The highest BCUT2D eigenvalue weighted by Gasteiger charge is 2.42. The Balaban J connectivity index is 1.49. The van der Waals surface area contributed by atoms with Crippen LogP contribution in [0.15, 0.2) is 22.7 Å². The van der Waals surface area contributed by atoms with E-state index >= 15 is 0 Å². The summed E-state index contributed by atoms with van der Waals surface area (Å²) in [6.45, 7) is -0.0794. The van der Waals surface area contributed by atoms with Crippen molar-refractivity contribution in [3.05, 3.63) is 17.5 Å². The van der Waals surface area contributed by atoms with Crippen LogP contribution in [0.25, 0.3) is 10.7 Å². The number of amides is 2. The third kappa shape index (κ3) is 4.64. The molecule has 1 atom stereocenters. The smallest absolute Gasteiger partial charge is 0.237 e. The van der Waals surface area contributed by atoms with Crippen molar-refractivity contribution in [2.75, 3.05) is 17.3 Å². The first-order chi connectivity index (χ1) is 13.8. The number of carbonyl (C=O) groups is 2. The summed E-state index contributed by atoms with van der Waals surface area (Å²) in [5, 5.41) is 10.7. The van der Waals surface area contributed by atoms with E-state index in [0.717, 1.165) is 17.7 Å². The minimum absolute atomic E-state index is 0.0420. The van der Waals surface area contributed by atoms with Crippen LogP contribution in [0.4, 0.5) is 0 Å². The fourth-order valence-electron chi connectivity index (χ4n) is 3.54. The number of hydrogen-bond acceptors (Lipinski definition) is 8. The van der Waals surface area contributed by atoms with E-state index in [0.29, 0.717) is 17.4 Å². The van der Waals surface area contributed by atoms with Crippen LogP contribution >= 0.6 is 23.1 Å². The number of thiophene rings is 1. The number of hydrogen-bond donors (Lipinski definition) is 1. The Morgan fingerprint density at radius 1 is 1.28 bits per heavy atom. The lowest BCUT2D eigenvalue weighted by Crippen LogP contribution is -2.43. The summed E-state index contributed by atoms with van der Waals surface area (Å²) in [5.41, 5.74) is 5.38. The predicted molar refractivity (Wildman–Crippen MR) is 110 cm³/mol. The fourth-order valence-corrected chi connectivity index (χ4v) is 6.77. The molecule has 1 unspecified atom stereocenters. The Morgan fingerprint density at radius 2 is 2.07 bits per heavy atom. The first-order valence-corrected chi connectivity index (χ1v) is 12.9. The Morgan fingerprint density at radius 3 is 2.66 bits per heavy atom. The van der Waals surface area contributed by atoms with Crippen LogP contribution in [0.1, 0.15) is 19.3 Å². The van der Waals surface area contributed by atoms with E-state index in [1.54, 1.807) is 9.47 Å². The van der Waals surface area contributed by atoms with Crippen molar-refractivity contribution >= 4 is 44.8 Å². The molecule has 1 aliphatic carbocycles. The largest absolute Gasteiger partial charge is 0.368 e. The van der Waals surface area contributed by atoms with Crippen molar-refractivity contribution in [2.45, 2.75) is 43.0 Å². The molecular formula is C17H21N5O4S3. The van der Waals surface area contributed by atoms with Gasteiger partial charge in [-0.25, -0.2) is 8.42 Å². The molecule has 9 nitrogen and oxygen atoms in total. The van der Waals surface area contributed by atoms with Gasteiger partial charge >= 0.3 is 0 Å². The summed E-state index contributed by atoms with van der Waals surface area (Å²) in [4.78, 5) is 27.1. The van der Waals surface area contributed by atoms with Gasteiger partial charge in [0.15, 0.2) is 20.8 Å². The molecule has 12 heteroatoms. The molecule has 2 fully saturated rings. The van der Waals surface area contributed by atoms with Crippen LogP contribution in [0, 0.1) is 0 Å². The molecule has 2 aromatic rings. The SMILES string of the molecule is NC(=O)Cn1c(SCC(=O)N(C2CC2)C2CCS(=O)(=O)C2)nnc1-c1cccs1. The molecule has 2 aromatic heterocycles. The predicted octanol–water partition coefficient (Wildman–Crippen LogP) is 0.762. The van der Waals surface area contributed by atoms with Gasteiger partial charge in [-0.15, -0.1) is 21.5 Å².